The molecule has 2 aromatic rings. The molecule has 4 rings (SSSR count). The Balaban J connectivity index is 1.57. The highest BCUT2D eigenvalue weighted by atomic mass is 16.5. The van der Waals surface area contributed by atoms with Crippen LogP contribution in [-0.2, 0) is 18.2 Å². The fourth-order valence-electron chi connectivity index (χ4n) is 4.03. The summed E-state index contributed by atoms with van der Waals surface area (Å²) in [5.74, 6) is 0.397. The molecule has 25 heavy (non-hydrogen) atoms. The predicted octanol–water partition coefficient (Wildman–Crippen LogP) is 1.17. The lowest BCUT2D eigenvalue weighted by atomic mass is 10.00. The van der Waals surface area contributed by atoms with Crippen LogP contribution in [0.5, 0.6) is 0 Å². The summed E-state index contributed by atoms with van der Waals surface area (Å²) in [5, 5.41) is 4.28. The van der Waals surface area contributed by atoms with Crippen LogP contribution in [0.3, 0.4) is 0 Å². The average molecular weight is 344 g/mol. The Kier molecular flexibility index (Phi) is 4.59. The quantitative estimate of drug-likeness (QED) is 0.833. The first-order valence-corrected chi connectivity index (χ1v) is 8.86. The summed E-state index contributed by atoms with van der Waals surface area (Å²) < 4.78 is 12.7. The maximum Gasteiger partial charge on any atom is 0.289 e. The minimum atomic E-state index is -0.0188. The van der Waals surface area contributed by atoms with E-state index in [-0.39, 0.29) is 11.9 Å². The molecule has 0 unspecified atom stereocenters. The number of carbonyl (C=O) groups is 1. The monoisotopic (exact) mass is 344 g/mol. The molecule has 2 fully saturated rings. The Morgan fingerprint density at radius 1 is 1.32 bits per heavy atom. The molecule has 0 saturated carbocycles. The first-order valence-electron chi connectivity index (χ1n) is 8.86. The number of hydrogen-bond acceptors (Lipinski definition) is 5. The van der Waals surface area contributed by atoms with Crippen LogP contribution in [0.4, 0.5) is 0 Å². The molecule has 2 aliphatic rings. The molecular weight excluding hydrogens is 320 g/mol. The van der Waals surface area contributed by atoms with Gasteiger partial charge in [0, 0.05) is 38.9 Å². The van der Waals surface area contributed by atoms with Gasteiger partial charge in [0.05, 0.1) is 31.7 Å². The van der Waals surface area contributed by atoms with Gasteiger partial charge in [-0.1, -0.05) is 0 Å². The van der Waals surface area contributed by atoms with Crippen molar-refractivity contribution in [3.63, 3.8) is 0 Å². The third-order valence-corrected chi connectivity index (χ3v) is 5.22. The number of carbonyl (C=O) groups excluding carboxylic acids is 1. The summed E-state index contributed by atoms with van der Waals surface area (Å²) in [6.07, 6.45) is 7.27. The van der Waals surface area contributed by atoms with E-state index in [0.29, 0.717) is 11.8 Å². The minimum absolute atomic E-state index is 0.0188. The molecule has 0 aromatic carbocycles. The molecule has 2 aromatic heterocycles. The summed E-state index contributed by atoms with van der Waals surface area (Å²) >= 11 is 0. The van der Waals surface area contributed by atoms with Gasteiger partial charge in [0.25, 0.3) is 5.91 Å². The van der Waals surface area contributed by atoms with Crippen molar-refractivity contribution in [3.05, 3.63) is 42.1 Å². The van der Waals surface area contributed by atoms with Crippen LogP contribution >= 0.6 is 0 Å². The summed E-state index contributed by atoms with van der Waals surface area (Å²) in [6, 6.07) is 3.98. The zero-order valence-corrected chi connectivity index (χ0v) is 14.5. The van der Waals surface area contributed by atoms with Crippen molar-refractivity contribution in [1.29, 1.82) is 0 Å². The lowest BCUT2D eigenvalue weighted by Gasteiger charge is -2.37. The number of morpholine rings is 1. The number of ether oxygens (including phenoxy) is 1. The summed E-state index contributed by atoms with van der Waals surface area (Å²) in [4.78, 5) is 17.4. The van der Waals surface area contributed by atoms with E-state index in [1.165, 1.54) is 0 Å². The highest BCUT2D eigenvalue weighted by Crippen LogP contribution is 2.28. The molecule has 0 bridgehead atoms. The molecule has 0 N–H and O–H groups in total. The first-order chi connectivity index (χ1) is 12.2. The second kappa shape index (κ2) is 7.01. The van der Waals surface area contributed by atoms with Crippen molar-refractivity contribution in [2.24, 2.45) is 7.05 Å². The minimum Gasteiger partial charge on any atom is -0.459 e. The van der Waals surface area contributed by atoms with Crippen LogP contribution in [0.2, 0.25) is 0 Å². The molecule has 1 amide bonds. The predicted molar refractivity (Wildman–Crippen MR) is 91.2 cm³/mol. The van der Waals surface area contributed by atoms with Crippen molar-refractivity contribution in [2.45, 2.75) is 24.9 Å². The van der Waals surface area contributed by atoms with Crippen LogP contribution in [0, 0.1) is 0 Å². The summed E-state index contributed by atoms with van der Waals surface area (Å²) in [5.41, 5.74) is 1.16. The van der Waals surface area contributed by atoms with E-state index in [0.717, 1.165) is 51.3 Å². The van der Waals surface area contributed by atoms with E-state index in [1.54, 1.807) is 18.4 Å². The van der Waals surface area contributed by atoms with Crippen molar-refractivity contribution in [1.82, 2.24) is 19.6 Å². The molecule has 134 valence electrons. The third kappa shape index (κ3) is 3.34. The van der Waals surface area contributed by atoms with Crippen molar-refractivity contribution in [3.8, 4) is 0 Å². The van der Waals surface area contributed by atoms with E-state index in [9.17, 15) is 4.79 Å². The van der Waals surface area contributed by atoms with Gasteiger partial charge < -0.3 is 14.1 Å². The zero-order chi connectivity index (χ0) is 17.2. The molecule has 0 radical (unpaired) electrons. The van der Waals surface area contributed by atoms with E-state index < -0.39 is 0 Å². The normalized spacial score (nSPS) is 24.8. The van der Waals surface area contributed by atoms with Gasteiger partial charge in [0.15, 0.2) is 5.76 Å². The van der Waals surface area contributed by atoms with Gasteiger partial charge >= 0.3 is 0 Å². The number of aromatic nitrogens is 2. The van der Waals surface area contributed by atoms with Crippen molar-refractivity contribution >= 4 is 5.91 Å². The van der Waals surface area contributed by atoms with Crippen LogP contribution in [0.15, 0.2) is 35.2 Å². The number of aryl methyl sites for hydroxylation is 1. The maximum absolute atomic E-state index is 12.9. The second-order valence-corrected chi connectivity index (χ2v) is 6.77. The summed E-state index contributed by atoms with van der Waals surface area (Å²) in [7, 11) is 1.92. The molecule has 0 spiro atoms. The van der Waals surface area contributed by atoms with Crippen LogP contribution in [0.25, 0.3) is 0 Å². The molecule has 2 atom stereocenters. The fourth-order valence-corrected chi connectivity index (χ4v) is 4.03. The van der Waals surface area contributed by atoms with Crippen LogP contribution in [-0.4, -0.2) is 70.4 Å². The molecule has 2 saturated heterocycles. The van der Waals surface area contributed by atoms with E-state index in [2.05, 4.69) is 10.00 Å². The van der Waals surface area contributed by atoms with Gasteiger partial charge in [-0.2, -0.15) is 5.10 Å². The highest BCUT2D eigenvalue weighted by molar-refractivity contribution is 5.92. The van der Waals surface area contributed by atoms with Gasteiger partial charge in [-0.25, -0.2) is 0 Å². The smallest absolute Gasteiger partial charge is 0.289 e. The van der Waals surface area contributed by atoms with E-state index in [1.807, 2.05) is 29.0 Å². The van der Waals surface area contributed by atoms with Gasteiger partial charge in [0.1, 0.15) is 0 Å². The standard InChI is InChI=1S/C18H24N4O3/c1-20-13-14(12-19-20)11-16-15(21-6-9-24-10-7-21)4-5-22(16)18(23)17-3-2-8-25-17/h2-3,8,12-13,15-16H,4-7,9-11H2,1H3/t15-,16+/m1/s1. The van der Waals surface area contributed by atoms with Crippen LogP contribution in [0.1, 0.15) is 22.5 Å². The molecule has 7 heteroatoms. The zero-order valence-electron chi connectivity index (χ0n) is 14.5. The summed E-state index contributed by atoms with van der Waals surface area (Å²) in [6.45, 7) is 4.14. The lowest BCUT2D eigenvalue weighted by Crippen LogP contribution is -2.51. The first kappa shape index (κ1) is 16.4. The van der Waals surface area contributed by atoms with Crippen molar-refractivity contribution in [2.75, 3.05) is 32.8 Å². The number of rotatable bonds is 4. The Labute approximate surface area is 147 Å². The number of hydrogen-bond donors (Lipinski definition) is 0. The third-order valence-electron chi connectivity index (χ3n) is 5.22. The fraction of sp³-hybridized carbons (Fsp3) is 0.556. The Morgan fingerprint density at radius 2 is 2.16 bits per heavy atom. The Hall–Kier alpha value is -2.12. The van der Waals surface area contributed by atoms with Gasteiger partial charge in [-0.3, -0.25) is 14.4 Å². The average Bonchev–Trinajstić information content (AvgIpc) is 3.37. The SMILES string of the molecule is Cn1cc(C[C@H]2[C@H](N3CCOCC3)CCN2C(=O)c2ccco2)cn1. The Morgan fingerprint density at radius 3 is 2.84 bits per heavy atom. The molecule has 0 aliphatic carbocycles. The molecule has 2 aliphatic heterocycles. The largest absolute Gasteiger partial charge is 0.459 e. The van der Waals surface area contributed by atoms with Gasteiger partial charge in [0.2, 0.25) is 0 Å². The van der Waals surface area contributed by atoms with Gasteiger partial charge in [-0.15, -0.1) is 0 Å². The highest BCUT2D eigenvalue weighted by Gasteiger charge is 2.41. The van der Waals surface area contributed by atoms with Crippen molar-refractivity contribution < 1.29 is 13.9 Å². The number of furan rings is 1. The molecule has 7 nitrogen and oxygen atoms in total. The molecule has 4 heterocycles. The molecular formula is C18H24N4O3. The lowest BCUT2D eigenvalue weighted by molar-refractivity contribution is 0.00840. The number of nitrogens with zero attached hydrogens (tertiary/aromatic N) is 4. The van der Waals surface area contributed by atoms with Gasteiger partial charge in [-0.05, 0) is 30.5 Å². The number of likely N-dealkylation sites (tertiary alicyclic amines) is 1. The van der Waals surface area contributed by atoms with E-state index in [4.69, 9.17) is 9.15 Å². The van der Waals surface area contributed by atoms with E-state index >= 15 is 0 Å². The van der Waals surface area contributed by atoms with Crippen LogP contribution < -0.4 is 0 Å². The second-order valence-electron chi connectivity index (χ2n) is 6.77. The Bertz CT molecular complexity index is 706. The number of amides is 1. The topological polar surface area (TPSA) is 63.7 Å². The maximum atomic E-state index is 12.9.